The Morgan fingerprint density at radius 3 is 2.42 bits per heavy atom. The highest BCUT2D eigenvalue weighted by molar-refractivity contribution is 6.31. The highest BCUT2D eigenvalue weighted by atomic mass is 35.5. The summed E-state index contributed by atoms with van der Waals surface area (Å²) in [7, 11) is 1.25. The van der Waals surface area contributed by atoms with Crippen LogP contribution in [-0.2, 0) is 29.0 Å². The van der Waals surface area contributed by atoms with Crippen molar-refractivity contribution in [3.63, 3.8) is 0 Å². The van der Waals surface area contributed by atoms with Crippen molar-refractivity contribution < 1.29 is 14.6 Å². The van der Waals surface area contributed by atoms with Crippen LogP contribution < -0.4 is 16.7 Å². The molecule has 1 aromatic heterocycles. The Morgan fingerprint density at radius 2 is 1.83 bits per heavy atom. The fourth-order valence-corrected chi connectivity index (χ4v) is 3.96. The molecule has 192 valence electrons. The highest BCUT2D eigenvalue weighted by Gasteiger charge is 2.20. The van der Waals surface area contributed by atoms with E-state index in [4.69, 9.17) is 16.3 Å². The highest BCUT2D eigenvalue weighted by Crippen LogP contribution is 2.26. The van der Waals surface area contributed by atoms with Gasteiger partial charge in [0.25, 0.3) is 0 Å². The van der Waals surface area contributed by atoms with Gasteiger partial charge in [0, 0.05) is 23.7 Å². The van der Waals surface area contributed by atoms with Gasteiger partial charge in [0.05, 0.1) is 25.2 Å². The van der Waals surface area contributed by atoms with Gasteiger partial charge in [-0.05, 0) is 44.0 Å². The van der Waals surface area contributed by atoms with Crippen molar-refractivity contribution in [3.05, 3.63) is 85.1 Å². The quantitative estimate of drug-likeness (QED) is 0.421. The molecule has 0 fully saturated rings. The summed E-state index contributed by atoms with van der Waals surface area (Å²) >= 11 is 6.42. The lowest BCUT2D eigenvalue weighted by Crippen LogP contribution is -2.44. The van der Waals surface area contributed by atoms with Crippen LogP contribution in [-0.4, -0.2) is 37.9 Å². The van der Waals surface area contributed by atoms with Crippen LogP contribution in [0.15, 0.2) is 52.1 Å². The molecule has 36 heavy (non-hydrogen) atoms. The molecule has 0 unspecified atom stereocenters. The number of nitrogens with zero attached hydrogens (tertiary/aromatic N) is 3. The van der Waals surface area contributed by atoms with Crippen molar-refractivity contribution in [2.75, 3.05) is 12.4 Å². The molecule has 0 amide bonds. The summed E-state index contributed by atoms with van der Waals surface area (Å²) in [5.41, 5.74) is 0.843. The summed E-state index contributed by atoms with van der Waals surface area (Å²) in [6, 6.07) is 12.8. The Kier molecular flexibility index (Phi) is 8.37. The number of ether oxygens (including phenoxy) is 1. The summed E-state index contributed by atoms with van der Waals surface area (Å²) in [5, 5.41) is 13.6. The van der Waals surface area contributed by atoms with Gasteiger partial charge in [-0.15, -0.1) is 0 Å². The molecule has 9 nitrogen and oxygen atoms in total. The van der Waals surface area contributed by atoms with Crippen molar-refractivity contribution in [2.24, 2.45) is 5.92 Å². The van der Waals surface area contributed by atoms with E-state index in [0.29, 0.717) is 17.1 Å². The number of nitrogens with one attached hydrogen (secondary N) is 1. The summed E-state index contributed by atoms with van der Waals surface area (Å²) < 4.78 is 7.00. The van der Waals surface area contributed by atoms with E-state index < -0.39 is 28.9 Å². The van der Waals surface area contributed by atoms with Gasteiger partial charge in [-0.3, -0.25) is 9.36 Å². The van der Waals surface area contributed by atoms with Gasteiger partial charge in [-0.1, -0.05) is 54.4 Å². The molecule has 0 aliphatic carbocycles. The third kappa shape index (κ3) is 6.83. The van der Waals surface area contributed by atoms with Gasteiger partial charge in [-0.25, -0.2) is 14.2 Å². The zero-order chi connectivity index (χ0) is 26.6. The van der Waals surface area contributed by atoms with Crippen LogP contribution in [0.5, 0.6) is 0 Å². The zero-order valence-corrected chi connectivity index (χ0v) is 21.8. The van der Waals surface area contributed by atoms with E-state index in [-0.39, 0.29) is 19.0 Å². The van der Waals surface area contributed by atoms with Gasteiger partial charge in [-0.2, -0.15) is 4.98 Å². The fraction of sp³-hybridized carbons (Fsp3) is 0.385. The molecule has 0 radical (unpaired) electrons. The molecule has 0 saturated heterocycles. The first-order valence-electron chi connectivity index (χ1n) is 11.5. The maximum atomic E-state index is 13.4. The topological polar surface area (TPSA) is 115 Å². The molecule has 2 N–H and O–H groups in total. The normalized spacial score (nSPS) is 12.3. The zero-order valence-electron chi connectivity index (χ0n) is 21.0. The second kappa shape index (κ2) is 11.1. The second-order valence-electron chi connectivity index (χ2n) is 9.53. The number of hydrogen-bond acceptors (Lipinski definition) is 7. The molecule has 1 heterocycles. The number of carbonyl (C=O) groups excluding carboxylic acids is 1. The Bertz CT molecular complexity index is 1360. The van der Waals surface area contributed by atoms with Crippen molar-refractivity contribution in [1.82, 2.24) is 14.1 Å². The van der Waals surface area contributed by atoms with Crippen molar-refractivity contribution in [1.29, 1.82) is 0 Å². The third-order valence-electron chi connectivity index (χ3n) is 5.60. The van der Waals surface area contributed by atoms with E-state index in [1.807, 2.05) is 31.2 Å². The number of aromatic nitrogens is 3. The number of rotatable bonds is 9. The fourth-order valence-electron chi connectivity index (χ4n) is 3.71. The van der Waals surface area contributed by atoms with Crippen LogP contribution in [0.4, 0.5) is 11.6 Å². The van der Waals surface area contributed by atoms with E-state index in [0.717, 1.165) is 21.3 Å². The molecular weight excluding hydrogens is 484 g/mol. The number of aliphatic hydroxyl groups is 1. The second-order valence-corrected chi connectivity index (χ2v) is 9.93. The monoisotopic (exact) mass is 514 g/mol. The molecule has 0 spiro atoms. The average Bonchev–Trinajstić information content (AvgIpc) is 2.80. The van der Waals surface area contributed by atoms with Crippen LogP contribution in [0.2, 0.25) is 5.02 Å². The summed E-state index contributed by atoms with van der Waals surface area (Å²) in [4.78, 5) is 42.3. The number of anilines is 2. The first kappa shape index (κ1) is 27.2. The summed E-state index contributed by atoms with van der Waals surface area (Å²) in [5.74, 6) is -1.20. The Hall–Kier alpha value is -3.43. The molecule has 2 aromatic carbocycles. The van der Waals surface area contributed by atoms with Crippen LogP contribution in [0.1, 0.15) is 37.5 Å². The maximum absolute atomic E-state index is 13.4. The van der Waals surface area contributed by atoms with E-state index in [1.165, 1.54) is 11.7 Å². The van der Waals surface area contributed by atoms with E-state index in [2.05, 4.69) is 10.3 Å². The number of halogens is 1. The number of esters is 1. The SMILES string of the molecule is COC(=O)[C@@H](C)Cn1c(=O)nc(Nc2ccc(CC(C)(C)O)c(Cl)c2)n(Cc2ccc(C)cc2)c1=O. The van der Waals surface area contributed by atoms with Crippen molar-refractivity contribution in [3.8, 4) is 0 Å². The summed E-state index contributed by atoms with van der Waals surface area (Å²) in [6.07, 6.45) is 0.358. The molecule has 1 atom stereocenters. The lowest BCUT2D eigenvalue weighted by atomic mass is 9.98. The van der Waals surface area contributed by atoms with E-state index >= 15 is 0 Å². The van der Waals surface area contributed by atoms with Crippen LogP contribution in [0, 0.1) is 12.8 Å². The van der Waals surface area contributed by atoms with Crippen LogP contribution >= 0.6 is 11.6 Å². The average molecular weight is 515 g/mol. The number of methoxy groups -OCH3 is 1. The van der Waals surface area contributed by atoms with Gasteiger partial charge < -0.3 is 15.2 Å². The minimum Gasteiger partial charge on any atom is -0.469 e. The Morgan fingerprint density at radius 1 is 1.17 bits per heavy atom. The predicted octanol–water partition coefficient (Wildman–Crippen LogP) is 3.28. The summed E-state index contributed by atoms with van der Waals surface area (Å²) in [6.45, 7) is 6.91. The molecule has 3 rings (SSSR count). The largest absolute Gasteiger partial charge is 0.469 e. The van der Waals surface area contributed by atoms with Gasteiger partial charge in [0.15, 0.2) is 0 Å². The lowest BCUT2D eigenvalue weighted by Gasteiger charge is -2.19. The standard InChI is InChI=1S/C26H31ClN4O5/c1-16-6-8-18(9-7-16)15-30-23(28-20-11-10-19(21(27)12-20)13-26(3,4)35)29-24(33)31(25(30)34)14-17(2)22(32)36-5/h6-12,17,35H,13-15H2,1-5H3,(H,28,29,33)/t17-/m0/s1. The Labute approximate surface area is 214 Å². The number of hydrogen-bond donors (Lipinski definition) is 2. The van der Waals surface area contributed by atoms with Gasteiger partial charge in [0.1, 0.15) is 0 Å². The molecule has 3 aromatic rings. The number of carbonyl (C=O) groups is 1. The molecule has 0 aliphatic rings. The minimum absolute atomic E-state index is 0.0406. The predicted molar refractivity (Wildman–Crippen MR) is 139 cm³/mol. The number of aryl methyl sites for hydroxylation is 1. The van der Waals surface area contributed by atoms with Crippen LogP contribution in [0.3, 0.4) is 0 Å². The van der Waals surface area contributed by atoms with Crippen LogP contribution in [0.25, 0.3) is 0 Å². The molecule has 0 aliphatic heterocycles. The van der Waals surface area contributed by atoms with E-state index in [9.17, 15) is 19.5 Å². The molecular formula is C26H31ClN4O5. The number of benzene rings is 2. The van der Waals surface area contributed by atoms with Crippen molar-refractivity contribution in [2.45, 2.75) is 52.8 Å². The van der Waals surface area contributed by atoms with Crippen molar-refractivity contribution >= 4 is 29.2 Å². The van der Waals surface area contributed by atoms with E-state index in [1.54, 1.807) is 39.0 Å². The smallest absolute Gasteiger partial charge is 0.354 e. The first-order chi connectivity index (χ1) is 16.9. The first-order valence-corrected chi connectivity index (χ1v) is 11.9. The molecule has 10 heteroatoms. The van der Waals surface area contributed by atoms with Gasteiger partial charge >= 0.3 is 17.3 Å². The third-order valence-corrected chi connectivity index (χ3v) is 5.96. The molecule has 0 bridgehead atoms. The lowest BCUT2D eigenvalue weighted by molar-refractivity contribution is -0.145. The maximum Gasteiger partial charge on any atom is 0.354 e. The Balaban J connectivity index is 2.04. The minimum atomic E-state index is -0.930. The van der Waals surface area contributed by atoms with Gasteiger partial charge in [0.2, 0.25) is 5.95 Å². The molecule has 0 saturated carbocycles.